The van der Waals surface area contributed by atoms with E-state index in [9.17, 15) is 9.35 Å². The van der Waals surface area contributed by atoms with Gasteiger partial charge in [0.05, 0.1) is 21.3 Å². The number of amides is 1. The van der Waals surface area contributed by atoms with Gasteiger partial charge in [0.25, 0.3) is 5.91 Å². The zero-order chi connectivity index (χ0) is 20.4. The van der Waals surface area contributed by atoms with Crippen LogP contribution in [0.4, 0.5) is 0 Å². The molecule has 0 saturated carbocycles. The number of rotatable bonds is 5. The third kappa shape index (κ3) is 5.19. The minimum atomic E-state index is -1.22. The molecule has 0 radical (unpaired) electrons. The maximum atomic E-state index is 12.4. The molecule has 2 atom stereocenters. The standard InChI is InChI=1S/C17H24ClN5O2S2/c1-9(19)4-5-10(20)7-22-15(24)13-6-11(18)14(26-13)12-8-27(25)17(2,3)16(21)23-12/h4-6,12H,7-8,19-20H2,1-3H3,(H2,21,23)(H,22,24)/b9-4-,10-5-. The first kappa shape index (κ1) is 21.6. The predicted octanol–water partition coefficient (Wildman–Crippen LogP) is 1.99. The van der Waals surface area contributed by atoms with Crippen LogP contribution in [0, 0.1) is 5.41 Å². The van der Waals surface area contributed by atoms with Gasteiger partial charge in [-0.2, -0.15) is 0 Å². The molecule has 1 fully saturated rings. The molecule has 1 aromatic rings. The molecular weight excluding hydrogens is 406 g/mol. The molecule has 7 N–H and O–H groups in total. The van der Waals surface area contributed by atoms with Crippen LogP contribution >= 0.6 is 22.9 Å². The van der Waals surface area contributed by atoms with E-state index in [1.807, 2.05) is 0 Å². The molecule has 0 spiro atoms. The quantitative estimate of drug-likeness (QED) is 0.359. The number of hydrogen-bond acceptors (Lipinski definition) is 6. The SMILES string of the molecule is C/C(N)=C/C=C(\N)CNC(=O)c1cc(Cl)c(C2C[S+]([O-])C(C)(C)C(=N)N2)s1. The van der Waals surface area contributed by atoms with E-state index in [4.69, 9.17) is 28.5 Å². The molecule has 1 aliphatic rings. The number of carbonyl (C=O) groups excluding carboxylic acids is 1. The average molecular weight is 430 g/mol. The van der Waals surface area contributed by atoms with Crippen LogP contribution < -0.4 is 22.1 Å². The summed E-state index contributed by atoms with van der Waals surface area (Å²) in [6, 6.07) is 1.22. The van der Waals surface area contributed by atoms with Gasteiger partial charge in [0.2, 0.25) is 0 Å². The summed E-state index contributed by atoms with van der Waals surface area (Å²) in [7, 11) is 0. The maximum Gasteiger partial charge on any atom is 0.261 e. The van der Waals surface area contributed by atoms with Crippen LogP contribution in [0.1, 0.15) is 41.4 Å². The van der Waals surface area contributed by atoms with E-state index < -0.39 is 15.9 Å². The van der Waals surface area contributed by atoms with Crippen molar-refractivity contribution in [3.8, 4) is 0 Å². The van der Waals surface area contributed by atoms with Crippen LogP contribution in [0.25, 0.3) is 0 Å². The molecule has 1 aromatic heterocycles. The molecule has 148 valence electrons. The Hall–Kier alpha value is -1.68. The summed E-state index contributed by atoms with van der Waals surface area (Å²) in [5.41, 5.74) is 12.4. The van der Waals surface area contributed by atoms with E-state index in [1.165, 1.54) is 11.3 Å². The van der Waals surface area contributed by atoms with Crippen LogP contribution in [0.3, 0.4) is 0 Å². The van der Waals surface area contributed by atoms with Gasteiger partial charge >= 0.3 is 0 Å². The monoisotopic (exact) mass is 429 g/mol. The lowest BCUT2D eigenvalue weighted by Gasteiger charge is -2.38. The van der Waals surface area contributed by atoms with E-state index in [0.717, 1.165) is 0 Å². The smallest absolute Gasteiger partial charge is 0.261 e. The Morgan fingerprint density at radius 3 is 2.81 bits per heavy atom. The van der Waals surface area contributed by atoms with Crippen molar-refractivity contribution >= 4 is 45.9 Å². The number of amidine groups is 1. The maximum absolute atomic E-state index is 12.4. The highest BCUT2D eigenvalue weighted by Gasteiger charge is 2.45. The Labute approximate surface area is 170 Å². The van der Waals surface area contributed by atoms with E-state index in [-0.39, 0.29) is 24.3 Å². The van der Waals surface area contributed by atoms with Gasteiger partial charge in [-0.1, -0.05) is 11.6 Å². The normalized spacial score (nSPS) is 23.1. The molecule has 0 bridgehead atoms. The number of carbonyl (C=O) groups is 1. The number of nitrogens with one attached hydrogen (secondary N) is 3. The van der Waals surface area contributed by atoms with Crippen LogP contribution in [-0.4, -0.2) is 33.3 Å². The second-order valence-electron chi connectivity index (χ2n) is 6.75. The second kappa shape index (κ2) is 8.55. The fourth-order valence-electron chi connectivity index (χ4n) is 2.30. The Morgan fingerprint density at radius 2 is 2.22 bits per heavy atom. The number of nitrogens with two attached hydrogens (primary N) is 2. The lowest BCUT2D eigenvalue weighted by molar-refractivity contribution is 0.0961. The average Bonchev–Trinajstić information content (AvgIpc) is 2.97. The van der Waals surface area contributed by atoms with Crippen LogP contribution in [0.2, 0.25) is 5.02 Å². The third-order valence-electron chi connectivity index (χ3n) is 4.07. The first-order chi connectivity index (χ1) is 12.5. The summed E-state index contributed by atoms with van der Waals surface area (Å²) in [6.45, 7) is 5.45. The van der Waals surface area contributed by atoms with E-state index in [1.54, 1.807) is 39.0 Å². The molecule has 27 heavy (non-hydrogen) atoms. The molecule has 7 nitrogen and oxygen atoms in total. The Morgan fingerprint density at radius 1 is 1.56 bits per heavy atom. The van der Waals surface area contributed by atoms with Crippen molar-refractivity contribution in [2.24, 2.45) is 11.5 Å². The van der Waals surface area contributed by atoms with Crippen LogP contribution in [-0.2, 0) is 11.2 Å². The van der Waals surface area contributed by atoms with Gasteiger partial charge in [-0.05, 0) is 50.2 Å². The number of thiophene rings is 1. The largest absolute Gasteiger partial charge is 0.616 e. The lowest BCUT2D eigenvalue weighted by atomic mass is 10.1. The Kier molecular flexibility index (Phi) is 6.85. The zero-order valence-electron chi connectivity index (χ0n) is 15.4. The summed E-state index contributed by atoms with van der Waals surface area (Å²) in [6.07, 6.45) is 3.30. The van der Waals surface area contributed by atoms with Crippen molar-refractivity contribution in [2.75, 3.05) is 12.3 Å². The predicted molar refractivity (Wildman–Crippen MR) is 113 cm³/mol. The minimum absolute atomic E-state index is 0.179. The summed E-state index contributed by atoms with van der Waals surface area (Å²) >= 11 is 6.30. The summed E-state index contributed by atoms with van der Waals surface area (Å²) in [5.74, 6) is 0.232. The van der Waals surface area contributed by atoms with Crippen LogP contribution in [0.5, 0.6) is 0 Å². The highest BCUT2D eigenvalue weighted by Crippen LogP contribution is 2.37. The Bertz CT molecular complexity index is 799. The lowest BCUT2D eigenvalue weighted by Crippen LogP contribution is -2.56. The van der Waals surface area contributed by atoms with Gasteiger partial charge in [0.15, 0.2) is 10.6 Å². The first-order valence-electron chi connectivity index (χ1n) is 8.22. The fraction of sp³-hybridized carbons (Fsp3) is 0.412. The summed E-state index contributed by atoms with van der Waals surface area (Å²) in [4.78, 5) is 13.5. The van der Waals surface area contributed by atoms with E-state index in [0.29, 0.717) is 31.9 Å². The number of hydrogen-bond donors (Lipinski definition) is 5. The fourth-order valence-corrected chi connectivity index (χ4v) is 5.11. The minimum Gasteiger partial charge on any atom is -0.616 e. The van der Waals surface area contributed by atoms with Gasteiger partial charge < -0.3 is 26.7 Å². The molecule has 1 aliphatic heterocycles. The van der Waals surface area contributed by atoms with Gasteiger partial charge in [-0.15, -0.1) is 11.3 Å². The Balaban J connectivity index is 2.08. The molecular formula is C17H24ClN5O2S2. The van der Waals surface area contributed by atoms with Gasteiger partial charge in [-0.25, -0.2) is 0 Å². The van der Waals surface area contributed by atoms with E-state index in [2.05, 4.69) is 10.6 Å². The molecule has 0 aromatic carbocycles. The van der Waals surface area contributed by atoms with Crippen molar-refractivity contribution in [3.05, 3.63) is 44.4 Å². The molecule has 0 aliphatic carbocycles. The molecule has 2 rings (SSSR count). The molecule has 1 amide bonds. The molecule has 1 saturated heterocycles. The third-order valence-corrected chi connectivity index (χ3v) is 7.73. The summed E-state index contributed by atoms with van der Waals surface area (Å²) < 4.78 is 11.7. The molecule has 2 heterocycles. The second-order valence-corrected chi connectivity index (χ2v) is 10.3. The van der Waals surface area contributed by atoms with Crippen molar-refractivity contribution in [3.63, 3.8) is 0 Å². The van der Waals surface area contributed by atoms with E-state index >= 15 is 0 Å². The summed E-state index contributed by atoms with van der Waals surface area (Å²) in [5, 5.41) is 14.3. The molecule has 10 heteroatoms. The highest BCUT2D eigenvalue weighted by atomic mass is 35.5. The van der Waals surface area contributed by atoms with Crippen molar-refractivity contribution in [1.29, 1.82) is 5.41 Å². The highest BCUT2D eigenvalue weighted by molar-refractivity contribution is 7.93. The van der Waals surface area contributed by atoms with Crippen molar-refractivity contribution in [2.45, 2.75) is 31.6 Å². The number of halogens is 1. The first-order valence-corrected chi connectivity index (χ1v) is 10.7. The van der Waals surface area contributed by atoms with Gasteiger partial charge in [0.1, 0.15) is 11.8 Å². The van der Waals surface area contributed by atoms with Gasteiger partial charge in [0, 0.05) is 11.4 Å². The van der Waals surface area contributed by atoms with Crippen LogP contribution in [0.15, 0.2) is 29.6 Å². The van der Waals surface area contributed by atoms with Crippen molar-refractivity contribution in [1.82, 2.24) is 10.6 Å². The van der Waals surface area contributed by atoms with Crippen molar-refractivity contribution < 1.29 is 9.35 Å². The number of allylic oxidation sites excluding steroid dienone is 3. The van der Waals surface area contributed by atoms with Gasteiger partial charge in [-0.3, -0.25) is 10.2 Å². The zero-order valence-corrected chi connectivity index (χ0v) is 17.8. The molecule has 2 unspecified atom stereocenters. The topological polar surface area (TPSA) is 140 Å².